The third-order valence-electron chi connectivity index (χ3n) is 1.87. The Morgan fingerprint density at radius 3 is 2.64 bits per heavy atom. The minimum Gasteiger partial charge on any atom is -0.302 e. The normalized spacial score (nSPS) is 12.2. The summed E-state index contributed by atoms with van der Waals surface area (Å²) in [5.41, 5.74) is 0.650. The van der Waals surface area contributed by atoms with Crippen molar-refractivity contribution in [3.05, 3.63) is 33.3 Å². The van der Waals surface area contributed by atoms with Crippen LogP contribution in [0, 0.1) is 0 Å². The number of rotatable bonds is 3. The zero-order chi connectivity index (χ0) is 10.7. The Morgan fingerprint density at radius 2 is 2.21 bits per heavy atom. The zero-order valence-corrected chi connectivity index (χ0v) is 9.80. The fraction of sp³-hybridized carbons (Fsp3) is 0.200. The summed E-state index contributed by atoms with van der Waals surface area (Å²) in [5.74, 6) is -0.885. The number of hydrogen-bond acceptors (Lipinski definition) is 2. The Balaban J connectivity index is 3.17. The number of halogens is 2. The van der Waals surface area contributed by atoms with Gasteiger partial charge in [0.05, 0.1) is 5.92 Å². The van der Waals surface area contributed by atoms with Crippen molar-refractivity contribution in [2.45, 2.75) is 12.8 Å². The van der Waals surface area contributed by atoms with Crippen molar-refractivity contribution < 1.29 is 9.59 Å². The van der Waals surface area contributed by atoms with Crippen LogP contribution in [0.5, 0.6) is 0 Å². The zero-order valence-electron chi connectivity index (χ0n) is 7.46. The Kier molecular flexibility index (Phi) is 3.84. The molecule has 0 amide bonds. The fourth-order valence-electron chi connectivity index (χ4n) is 1.14. The second kappa shape index (κ2) is 4.71. The summed E-state index contributed by atoms with van der Waals surface area (Å²) in [6.07, 6.45) is 0.635. The van der Waals surface area contributed by atoms with E-state index in [-0.39, 0.29) is 5.78 Å². The molecule has 1 atom stereocenters. The maximum atomic E-state index is 11.1. The van der Waals surface area contributed by atoms with Gasteiger partial charge in [0.2, 0.25) is 0 Å². The van der Waals surface area contributed by atoms with E-state index >= 15 is 0 Å². The number of hydrogen-bond donors (Lipinski definition) is 0. The summed E-state index contributed by atoms with van der Waals surface area (Å²) in [6.45, 7) is 1.39. The fourth-order valence-corrected chi connectivity index (χ4v) is 2.07. The minimum absolute atomic E-state index is 0.178. The molecule has 2 nitrogen and oxygen atoms in total. The van der Waals surface area contributed by atoms with Gasteiger partial charge in [-0.3, -0.25) is 4.79 Å². The molecule has 4 heteroatoms. The Bertz CT molecular complexity index is 376. The van der Waals surface area contributed by atoms with Crippen molar-refractivity contribution in [2.75, 3.05) is 0 Å². The SMILES string of the molecule is CC(=O)C(C=O)c1ccc(Cl)cc1Br. The van der Waals surface area contributed by atoms with Gasteiger partial charge >= 0.3 is 0 Å². The van der Waals surface area contributed by atoms with Crippen LogP contribution in [-0.4, -0.2) is 12.1 Å². The van der Waals surface area contributed by atoms with E-state index in [1.165, 1.54) is 6.92 Å². The molecule has 0 fully saturated rings. The van der Waals surface area contributed by atoms with E-state index in [0.29, 0.717) is 21.3 Å². The standard InChI is InChI=1S/C10H8BrClO2/c1-6(14)9(5-13)8-3-2-7(12)4-10(8)11/h2-5,9H,1H3. The number of Topliss-reactive ketones (excluding diaryl/α,β-unsaturated/α-hetero) is 1. The molecule has 0 aliphatic rings. The van der Waals surface area contributed by atoms with Crippen molar-refractivity contribution in [1.29, 1.82) is 0 Å². The lowest BCUT2D eigenvalue weighted by Gasteiger charge is -2.09. The van der Waals surface area contributed by atoms with Crippen molar-refractivity contribution in [3.8, 4) is 0 Å². The minimum atomic E-state index is -0.707. The highest BCUT2D eigenvalue weighted by atomic mass is 79.9. The third-order valence-corrected chi connectivity index (χ3v) is 2.79. The van der Waals surface area contributed by atoms with Gasteiger partial charge in [0.25, 0.3) is 0 Å². The summed E-state index contributed by atoms with van der Waals surface area (Å²) >= 11 is 9.00. The first-order chi connectivity index (χ1) is 6.56. The van der Waals surface area contributed by atoms with Gasteiger partial charge in [-0.15, -0.1) is 0 Å². The highest BCUT2D eigenvalue weighted by Gasteiger charge is 2.18. The Hall–Kier alpha value is -0.670. The second-order valence-corrected chi connectivity index (χ2v) is 4.18. The van der Waals surface area contributed by atoms with Crippen LogP contribution >= 0.6 is 27.5 Å². The van der Waals surface area contributed by atoms with Crippen LogP contribution in [0.4, 0.5) is 0 Å². The van der Waals surface area contributed by atoms with E-state index < -0.39 is 5.92 Å². The van der Waals surface area contributed by atoms with Crippen molar-refractivity contribution in [2.24, 2.45) is 0 Å². The summed E-state index contributed by atoms with van der Waals surface area (Å²) in [4.78, 5) is 21.8. The molecule has 14 heavy (non-hydrogen) atoms. The third kappa shape index (κ3) is 2.42. The molecule has 74 valence electrons. The molecule has 1 unspecified atom stereocenters. The molecule has 0 aliphatic carbocycles. The van der Waals surface area contributed by atoms with Crippen LogP contribution in [-0.2, 0) is 9.59 Å². The maximum Gasteiger partial charge on any atom is 0.144 e. The predicted octanol–water partition coefficient (Wildman–Crippen LogP) is 2.97. The summed E-state index contributed by atoms with van der Waals surface area (Å²) < 4.78 is 0.678. The summed E-state index contributed by atoms with van der Waals surface area (Å²) in [5, 5.41) is 0.564. The lowest BCUT2D eigenvalue weighted by Crippen LogP contribution is -2.10. The van der Waals surface area contributed by atoms with Gasteiger partial charge in [-0.1, -0.05) is 33.6 Å². The van der Waals surface area contributed by atoms with Crippen LogP contribution in [0.3, 0.4) is 0 Å². The van der Waals surface area contributed by atoms with Crippen LogP contribution in [0.2, 0.25) is 5.02 Å². The van der Waals surface area contributed by atoms with Gasteiger partial charge in [-0.25, -0.2) is 0 Å². The molecule has 0 bridgehead atoms. The molecule has 1 rings (SSSR count). The van der Waals surface area contributed by atoms with Crippen LogP contribution < -0.4 is 0 Å². The largest absolute Gasteiger partial charge is 0.302 e. The number of carbonyl (C=O) groups is 2. The maximum absolute atomic E-state index is 11.1. The summed E-state index contributed by atoms with van der Waals surface area (Å²) in [6, 6.07) is 4.99. The molecule has 0 N–H and O–H groups in total. The molecule has 0 saturated heterocycles. The monoisotopic (exact) mass is 274 g/mol. The van der Waals surface area contributed by atoms with Crippen LogP contribution in [0.1, 0.15) is 18.4 Å². The lowest BCUT2D eigenvalue weighted by molar-refractivity contribution is -0.122. The molecule has 0 radical (unpaired) electrons. The van der Waals surface area contributed by atoms with E-state index in [4.69, 9.17) is 11.6 Å². The first kappa shape index (κ1) is 11.4. The number of ketones is 1. The molecule has 1 aromatic rings. The average molecular weight is 276 g/mol. The van der Waals surface area contributed by atoms with E-state index in [1.54, 1.807) is 18.2 Å². The average Bonchev–Trinajstić information content (AvgIpc) is 2.09. The molecular weight excluding hydrogens is 267 g/mol. The van der Waals surface area contributed by atoms with Gasteiger partial charge in [-0.05, 0) is 24.6 Å². The molecule has 0 aliphatic heterocycles. The number of benzene rings is 1. The van der Waals surface area contributed by atoms with E-state index in [0.717, 1.165) is 0 Å². The van der Waals surface area contributed by atoms with Crippen molar-refractivity contribution >= 4 is 39.6 Å². The Morgan fingerprint density at radius 1 is 1.57 bits per heavy atom. The van der Waals surface area contributed by atoms with Gasteiger partial charge in [0, 0.05) is 9.50 Å². The molecular formula is C10H8BrClO2. The number of aldehydes is 1. The summed E-state index contributed by atoms with van der Waals surface area (Å²) in [7, 11) is 0. The van der Waals surface area contributed by atoms with Gasteiger partial charge in [-0.2, -0.15) is 0 Å². The number of carbonyl (C=O) groups excluding carboxylic acids is 2. The second-order valence-electron chi connectivity index (χ2n) is 2.89. The van der Waals surface area contributed by atoms with Gasteiger partial charge < -0.3 is 4.79 Å². The molecule has 0 spiro atoms. The van der Waals surface area contributed by atoms with E-state index in [2.05, 4.69) is 15.9 Å². The van der Waals surface area contributed by atoms with E-state index in [1.807, 2.05) is 0 Å². The van der Waals surface area contributed by atoms with Crippen molar-refractivity contribution in [3.63, 3.8) is 0 Å². The van der Waals surface area contributed by atoms with E-state index in [9.17, 15) is 9.59 Å². The first-order valence-corrected chi connectivity index (χ1v) is 5.14. The first-order valence-electron chi connectivity index (χ1n) is 3.97. The predicted molar refractivity (Wildman–Crippen MR) is 58.6 cm³/mol. The van der Waals surface area contributed by atoms with Crippen LogP contribution in [0.15, 0.2) is 22.7 Å². The molecule has 0 aromatic heterocycles. The quantitative estimate of drug-likeness (QED) is 0.628. The van der Waals surface area contributed by atoms with Crippen molar-refractivity contribution in [1.82, 2.24) is 0 Å². The van der Waals surface area contributed by atoms with Gasteiger partial charge in [0.1, 0.15) is 12.1 Å². The smallest absolute Gasteiger partial charge is 0.144 e. The lowest BCUT2D eigenvalue weighted by atomic mass is 9.97. The van der Waals surface area contributed by atoms with Gasteiger partial charge in [0.15, 0.2) is 0 Å². The molecule has 1 aromatic carbocycles. The highest BCUT2D eigenvalue weighted by molar-refractivity contribution is 9.10. The topological polar surface area (TPSA) is 34.1 Å². The van der Waals surface area contributed by atoms with Crippen LogP contribution in [0.25, 0.3) is 0 Å². The molecule has 0 heterocycles. The Labute approximate surface area is 95.4 Å². The highest BCUT2D eigenvalue weighted by Crippen LogP contribution is 2.27. The molecule has 0 saturated carbocycles.